The van der Waals surface area contributed by atoms with E-state index in [4.69, 9.17) is 9.47 Å². The molecule has 0 spiro atoms. The van der Waals surface area contributed by atoms with Crippen LogP contribution in [0.15, 0.2) is 35.4 Å². The van der Waals surface area contributed by atoms with Crippen LogP contribution >= 0.6 is 0 Å². The molecule has 3 aromatic rings. The van der Waals surface area contributed by atoms with Gasteiger partial charge in [-0.1, -0.05) is 6.92 Å². The fourth-order valence-electron chi connectivity index (χ4n) is 4.33. The summed E-state index contributed by atoms with van der Waals surface area (Å²) in [5, 5.41) is 6.70. The fourth-order valence-corrected chi connectivity index (χ4v) is 4.33. The molecule has 194 valence electrons. The van der Waals surface area contributed by atoms with Crippen molar-refractivity contribution >= 4 is 17.0 Å². The van der Waals surface area contributed by atoms with E-state index in [2.05, 4.69) is 37.4 Å². The highest BCUT2D eigenvalue weighted by Crippen LogP contribution is 2.23. The van der Waals surface area contributed by atoms with Crippen molar-refractivity contribution in [1.82, 2.24) is 29.7 Å². The normalized spacial score (nSPS) is 14.6. The van der Waals surface area contributed by atoms with Gasteiger partial charge in [0.25, 0.3) is 5.56 Å². The summed E-state index contributed by atoms with van der Waals surface area (Å²) in [5.74, 6) is 0.879. The molecule has 0 bridgehead atoms. The lowest BCUT2D eigenvalue weighted by Gasteiger charge is -2.19. The Bertz CT molecular complexity index is 1160. The first kappa shape index (κ1) is 26.0. The topological polar surface area (TPSA) is 106 Å². The van der Waals surface area contributed by atoms with E-state index in [1.807, 2.05) is 12.1 Å². The van der Waals surface area contributed by atoms with E-state index >= 15 is 0 Å². The molecule has 1 aliphatic heterocycles. The molecule has 0 saturated carbocycles. The predicted octanol–water partition coefficient (Wildman–Crippen LogP) is 2.39. The van der Waals surface area contributed by atoms with Gasteiger partial charge in [-0.15, -0.1) is 0 Å². The third-order valence-corrected chi connectivity index (χ3v) is 6.27. The maximum atomic E-state index is 13.4. The first-order chi connectivity index (χ1) is 17.7. The zero-order valence-electron chi connectivity index (χ0n) is 21.3. The Hall–Kier alpha value is -3.08. The fraction of sp³-hybridized carbons (Fsp3) is 0.538. The molecule has 1 fully saturated rings. The molecule has 0 amide bonds. The van der Waals surface area contributed by atoms with Gasteiger partial charge in [-0.2, -0.15) is 0 Å². The van der Waals surface area contributed by atoms with E-state index in [-0.39, 0.29) is 5.56 Å². The summed E-state index contributed by atoms with van der Waals surface area (Å²) in [4.78, 5) is 29.4. The number of methoxy groups -OCH3 is 1. The van der Waals surface area contributed by atoms with Crippen molar-refractivity contribution in [3.8, 4) is 17.0 Å². The SMILES string of the molecule is CCCOCCn1c(=O)c(NCCCN2CCCNCC2)nc2ncc(-c3ccc(OC)nc3)cc21. The van der Waals surface area contributed by atoms with E-state index in [0.717, 1.165) is 56.7 Å². The van der Waals surface area contributed by atoms with Crippen molar-refractivity contribution in [2.75, 3.05) is 64.9 Å². The number of pyridine rings is 2. The summed E-state index contributed by atoms with van der Waals surface area (Å²) in [6.45, 7) is 9.58. The first-order valence-corrected chi connectivity index (χ1v) is 12.8. The highest BCUT2D eigenvalue weighted by molar-refractivity contribution is 5.78. The van der Waals surface area contributed by atoms with E-state index in [1.165, 1.54) is 6.42 Å². The molecule has 1 aliphatic rings. The van der Waals surface area contributed by atoms with Gasteiger partial charge in [-0.05, 0) is 51.0 Å². The number of nitrogens with zero attached hydrogens (tertiary/aromatic N) is 5. The van der Waals surface area contributed by atoms with E-state index in [0.29, 0.717) is 49.2 Å². The minimum Gasteiger partial charge on any atom is -0.481 e. The summed E-state index contributed by atoms with van der Waals surface area (Å²) in [6.07, 6.45) is 6.54. The van der Waals surface area contributed by atoms with Crippen molar-refractivity contribution in [1.29, 1.82) is 0 Å². The smallest absolute Gasteiger partial charge is 0.293 e. The van der Waals surface area contributed by atoms with Crippen LogP contribution in [0.4, 0.5) is 5.82 Å². The first-order valence-electron chi connectivity index (χ1n) is 12.8. The number of hydrogen-bond donors (Lipinski definition) is 2. The summed E-state index contributed by atoms with van der Waals surface area (Å²) < 4.78 is 12.6. The Balaban J connectivity index is 1.54. The van der Waals surface area contributed by atoms with Gasteiger partial charge in [0.2, 0.25) is 5.88 Å². The summed E-state index contributed by atoms with van der Waals surface area (Å²) in [7, 11) is 1.59. The third kappa shape index (κ3) is 6.77. The van der Waals surface area contributed by atoms with E-state index in [9.17, 15) is 4.79 Å². The van der Waals surface area contributed by atoms with Crippen LogP contribution in [-0.4, -0.2) is 84.0 Å². The minimum absolute atomic E-state index is 0.159. The van der Waals surface area contributed by atoms with Crippen LogP contribution in [0, 0.1) is 0 Å². The Kier molecular flexibility index (Phi) is 9.60. The number of nitrogens with one attached hydrogen (secondary N) is 2. The van der Waals surface area contributed by atoms with Crippen LogP contribution in [-0.2, 0) is 11.3 Å². The Morgan fingerprint density at radius 3 is 2.78 bits per heavy atom. The van der Waals surface area contributed by atoms with Gasteiger partial charge in [0, 0.05) is 62.4 Å². The number of ether oxygens (including phenoxy) is 2. The molecular weight excluding hydrogens is 458 g/mol. The van der Waals surface area contributed by atoms with Crippen molar-refractivity contribution in [3.05, 3.63) is 40.9 Å². The van der Waals surface area contributed by atoms with E-state index < -0.39 is 0 Å². The van der Waals surface area contributed by atoms with Gasteiger partial charge in [-0.25, -0.2) is 15.0 Å². The quantitative estimate of drug-likeness (QED) is 0.366. The molecule has 4 heterocycles. The second-order valence-corrected chi connectivity index (χ2v) is 8.91. The molecular formula is C26H37N7O3. The number of rotatable bonds is 12. The van der Waals surface area contributed by atoms with Crippen molar-refractivity contribution in [3.63, 3.8) is 0 Å². The maximum absolute atomic E-state index is 13.4. The maximum Gasteiger partial charge on any atom is 0.293 e. The lowest BCUT2D eigenvalue weighted by Crippen LogP contribution is -2.31. The minimum atomic E-state index is -0.159. The lowest BCUT2D eigenvalue weighted by atomic mass is 10.1. The van der Waals surface area contributed by atoms with Gasteiger partial charge in [-0.3, -0.25) is 9.36 Å². The number of aromatic nitrogens is 4. The van der Waals surface area contributed by atoms with Crippen LogP contribution in [0.5, 0.6) is 5.88 Å². The molecule has 0 unspecified atom stereocenters. The average molecular weight is 496 g/mol. The molecule has 1 saturated heterocycles. The molecule has 0 aromatic carbocycles. The summed E-state index contributed by atoms with van der Waals surface area (Å²) in [6, 6.07) is 5.67. The second kappa shape index (κ2) is 13.3. The van der Waals surface area contributed by atoms with Crippen molar-refractivity contribution < 1.29 is 9.47 Å². The Labute approximate surface area is 212 Å². The predicted molar refractivity (Wildman–Crippen MR) is 142 cm³/mol. The number of anilines is 1. The Morgan fingerprint density at radius 2 is 1.97 bits per heavy atom. The van der Waals surface area contributed by atoms with Gasteiger partial charge >= 0.3 is 0 Å². The van der Waals surface area contributed by atoms with E-state index in [1.54, 1.807) is 30.1 Å². The van der Waals surface area contributed by atoms with Crippen LogP contribution in [0.25, 0.3) is 22.3 Å². The molecule has 2 N–H and O–H groups in total. The van der Waals surface area contributed by atoms with Crippen LogP contribution in [0.2, 0.25) is 0 Å². The molecule has 0 atom stereocenters. The highest BCUT2D eigenvalue weighted by atomic mass is 16.5. The van der Waals surface area contributed by atoms with Crippen LogP contribution in [0.1, 0.15) is 26.2 Å². The largest absolute Gasteiger partial charge is 0.481 e. The third-order valence-electron chi connectivity index (χ3n) is 6.27. The van der Waals surface area contributed by atoms with Crippen molar-refractivity contribution in [2.45, 2.75) is 32.7 Å². The zero-order valence-corrected chi connectivity index (χ0v) is 21.3. The van der Waals surface area contributed by atoms with Crippen molar-refractivity contribution in [2.24, 2.45) is 0 Å². The molecule has 4 rings (SSSR count). The zero-order chi connectivity index (χ0) is 25.2. The number of hydrogen-bond acceptors (Lipinski definition) is 9. The monoisotopic (exact) mass is 495 g/mol. The molecule has 10 heteroatoms. The molecule has 3 aromatic heterocycles. The van der Waals surface area contributed by atoms with Gasteiger partial charge in [0.15, 0.2) is 11.5 Å². The summed E-state index contributed by atoms with van der Waals surface area (Å²) in [5.41, 5.74) is 2.79. The highest BCUT2D eigenvalue weighted by Gasteiger charge is 2.14. The van der Waals surface area contributed by atoms with Gasteiger partial charge in [0.1, 0.15) is 0 Å². The summed E-state index contributed by atoms with van der Waals surface area (Å²) >= 11 is 0. The standard InChI is InChI=1S/C26H37N7O3/c1-3-15-36-16-14-33-22-17-21(20-6-7-23(35-2)29-18-20)19-30-24(22)31-25(26(33)34)28-9-5-12-32-11-4-8-27-10-13-32/h6-7,17-19,27H,3-5,8-16H2,1-2H3,(H,28,30,31). The lowest BCUT2D eigenvalue weighted by molar-refractivity contribution is 0.127. The Morgan fingerprint density at radius 1 is 1.08 bits per heavy atom. The second-order valence-electron chi connectivity index (χ2n) is 8.91. The van der Waals surface area contributed by atoms with Crippen LogP contribution < -0.4 is 20.9 Å². The van der Waals surface area contributed by atoms with Crippen LogP contribution in [0.3, 0.4) is 0 Å². The van der Waals surface area contributed by atoms with Gasteiger partial charge < -0.3 is 25.0 Å². The average Bonchev–Trinajstić information content (AvgIpc) is 3.19. The molecule has 0 aliphatic carbocycles. The molecule has 0 radical (unpaired) electrons. The van der Waals surface area contributed by atoms with Gasteiger partial charge in [0.05, 0.1) is 19.2 Å². The number of fused-ring (bicyclic) bond motifs is 1. The molecule has 36 heavy (non-hydrogen) atoms. The molecule has 10 nitrogen and oxygen atoms in total.